The van der Waals surface area contributed by atoms with Crippen molar-refractivity contribution < 1.29 is 80.5 Å². The number of benzene rings is 4. The number of rotatable bonds is 10. The van der Waals surface area contributed by atoms with Crippen LogP contribution in [0, 0.1) is 0 Å². The minimum absolute atomic E-state index is 0.0359. The van der Waals surface area contributed by atoms with Crippen molar-refractivity contribution >= 4 is 67.1 Å². The number of hydrogen-bond acceptors (Lipinski definition) is 12. The molecule has 2 aliphatic rings. The second kappa shape index (κ2) is 14.4. The monoisotopic (exact) mass is 868 g/mol. The molecule has 0 atom stereocenters. The first kappa shape index (κ1) is 42.1. The highest BCUT2D eigenvalue weighted by Gasteiger charge is 2.73. The van der Waals surface area contributed by atoms with Gasteiger partial charge in [0.15, 0.2) is 0 Å². The number of hydrogen-bond donors (Lipinski definition) is 2. The maximum Gasteiger partial charge on any atom is 0.411 e. The predicted octanol–water partition coefficient (Wildman–Crippen LogP) is 4.85. The van der Waals surface area contributed by atoms with Gasteiger partial charge in [-0.25, -0.2) is 0 Å². The Hall–Kier alpha value is -6.50. The van der Waals surface area contributed by atoms with Gasteiger partial charge in [-0.3, -0.25) is 28.8 Å². The van der Waals surface area contributed by atoms with Crippen LogP contribution in [0.5, 0.6) is 0 Å². The van der Waals surface area contributed by atoms with Crippen LogP contribution in [-0.2, 0) is 43.8 Å². The Kier molecular flexibility index (Phi) is 10.3. The van der Waals surface area contributed by atoms with E-state index in [4.69, 9.17) is 0 Å². The summed E-state index contributed by atoms with van der Waals surface area (Å²) in [4.78, 5) is 73.9. The topological polar surface area (TPSA) is 220 Å². The fraction of sp³-hybridized carbons (Fsp3) is 0.143. The van der Waals surface area contributed by atoms with Crippen LogP contribution >= 0.6 is 0 Å². The van der Waals surface area contributed by atoms with Crippen molar-refractivity contribution in [1.82, 2.24) is 10.1 Å². The molecule has 6 rings (SSSR count). The van der Waals surface area contributed by atoms with Gasteiger partial charge in [0.25, 0.3) is 23.6 Å². The zero-order valence-electron chi connectivity index (χ0n) is 29.5. The normalized spacial score (nSPS) is 14.7. The summed E-state index contributed by atoms with van der Waals surface area (Å²) in [6, 6.07) is 9.21. The average Bonchev–Trinajstić information content (AvgIpc) is 3.49. The summed E-state index contributed by atoms with van der Waals surface area (Å²) in [5, 5.41) is 3.90. The van der Waals surface area contributed by atoms with Crippen molar-refractivity contribution in [3.05, 3.63) is 118 Å². The third kappa shape index (κ3) is 7.30. The fourth-order valence-electron chi connectivity index (χ4n) is 6.12. The molecule has 308 valence electrons. The molecule has 0 bridgehead atoms. The summed E-state index contributed by atoms with van der Waals surface area (Å²) < 4.78 is 152. The Morgan fingerprint density at radius 3 is 1.10 bits per heavy atom. The summed E-state index contributed by atoms with van der Waals surface area (Å²) >= 11 is 0. The molecular formula is C35H22F6N4O12S2. The van der Waals surface area contributed by atoms with E-state index in [0.29, 0.717) is 12.1 Å². The van der Waals surface area contributed by atoms with Gasteiger partial charge in [0, 0.05) is 25.2 Å². The third-order valence-electron chi connectivity index (χ3n) is 8.69. The molecule has 16 nitrogen and oxygen atoms in total. The Labute approximate surface area is 327 Å². The van der Waals surface area contributed by atoms with Crippen LogP contribution in [-0.4, -0.2) is 74.8 Å². The maximum absolute atomic E-state index is 15.2. The second-order valence-electron chi connectivity index (χ2n) is 12.5. The van der Waals surface area contributed by atoms with Gasteiger partial charge >= 0.3 is 32.6 Å². The molecule has 2 heterocycles. The minimum Gasteiger partial charge on any atom is -0.326 e. The van der Waals surface area contributed by atoms with Gasteiger partial charge in [0.1, 0.15) is 0 Å². The van der Waals surface area contributed by atoms with E-state index < -0.39 is 127 Å². The van der Waals surface area contributed by atoms with Crippen molar-refractivity contribution in [2.45, 2.75) is 41.4 Å². The van der Waals surface area contributed by atoms with Crippen LogP contribution in [0.15, 0.2) is 94.7 Å². The van der Waals surface area contributed by atoms with Gasteiger partial charge in [0.2, 0.25) is 17.2 Å². The molecular weight excluding hydrogens is 847 g/mol. The lowest BCUT2D eigenvalue weighted by Gasteiger charge is -2.38. The zero-order valence-corrected chi connectivity index (χ0v) is 31.1. The zero-order chi connectivity index (χ0) is 43.6. The number of alkyl halides is 6. The SMILES string of the molecule is CC(=O)Nc1ccc(S(=O)(=O)ON2C(=O)c3ccc(C(c4ccc5c(c4)C(=O)N(OS(=O)(=O)c4ccc(NC(C)=O)cc4)C5=O)(C(F)(F)F)C(F)(F)F)cc3C2=O)cc1. The number of nitrogens with one attached hydrogen (secondary N) is 2. The summed E-state index contributed by atoms with van der Waals surface area (Å²) in [6.45, 7) is 2.32. The first-order valence-electron chi connectivity index (χ1n) is 16.1. The van der Waals surface area contributed by atoms with Gasteiger partial charge in [-0.1, -0.05) is 12.1 Å². The van der Waals surface area contributed by atoms with Crippen LogP contribution in [0.2, 0.25) is 0 Å². The number of hydroxylamine groups is 4. The number of carbonyl (C=O) groups excluding carboxylic acids is 6. The molecule has 0 saturated carbocycles. The van der Waals surface area contributed by atoms with Crippen molar-refractivity contribution in [2.24, 2.45) is 0 Å². The molecule has 59 heavy (non-hydrogen) atoms. The molecule has 0 aliphatic carbocycles. The third-order valence-corrected chi connectivity index (χ3v) is 11.1. The lowest BCUT2D eigenvalue weighted by atomic mass is 9.71. The largest absolute Gasteiger partial charge is 0.411 e. The standard InChI is InChI=1S/C35H22F6N4O12S2/c1-17(46)42-21-5-9-23(10-6-21)58(52,53)56-44-29(48)25-13-3-19(15-27(25)31(44)50)33(34(36,37)38,35(39,40)41)20-4-14-26-28(16-20)32(51)45(30(26)49)57-59(54,55)24-11-7-22(8-12-24)43-18(2)47/h3-16H,1-2H3,(H,42,46)(H,43,47). The van der Waals surface area contributed by atoms with Crippen molar-refractivity contribution in [1.29, 1.82) is 0 Å². The van der Waals surface area contributed by atoms with Crippen LogP contribution in [0.3, 0.4) is 0 Å². The van der Waals surface area contributed by atoms with E-state index in [1.54, 1.807) is 0 Å². The van der Waals surface area contributed by atoms with E-state index in [-0.39, 0.29) is 35.6 Å². The summed E-state index contributed by atoms with van der Waals surface area (Å²) in [6.07, 6.45) is -12.8. The van der Waals surface area contributed by atoms with Gasteiger partial charge < -0.3 is 10.6 Å². The van der Waals surface area contributed by atoms with E-state index in [9.17, 15) is 45.6 Å². The van der Waals surface area contributed by atoms with Crippen LogP contribution in [0.4, 0.5) is 37.7 Å². The Morgan fingerprint density at radius 2 is 0.814 bits per heavy atom. The first-order chi connectivity index (χ1) is 27.3. The Morgan fingerprint density at radius 1 is 0.508 bits per heavy atom. The molecule has 0 aromatic heterocycles. The van der Waals surface area contributed by atoms with E-state index in [0.717, 1.165) is 62.4 Å². The highest BCUT2D eigenvalue weighted by atomic mass is 32.2. The number of amides is 6. The molecule has 0 unspecified atom stereocenters. The van der Waals surface area contributed by atoms with Crippen LogP contribution < -0.4 is 10.6 Å². The number of nitrogens with zero attached hydrogens (tertiary/aromatic N) is 2. The van der Waals surface area contributed by atoms with Crippen LogP contribution in [0.25, 0.3) is 0 Å². The Balaban J connectivity index is 1.36. The van der Waals surface area contributed by atoms with Gasteiger partial charge in [-0.05, 0) is 83.9 Å². The second-order valence-corrected chi connectivity index (χ2v) is 15.6. The van der Waals surface area contributed by atoms with E-state index in [1.165, 1.54) is 0 Å². The molecule has 4 aromatic rings. The lowest BCUT2D eigenvalue weighted by molar-refractivity contribution is -0.288. The fourth-order valence-corrected chi connectivity index (χ4v) is 7.89. The molecule has 4 aromatic carbocycles. The predicted molar refractivity (Wildman–Crippen MR) is 185 cm³/mol. The highest BCUT2D eigenvalue weighted by Crippen LogP contribution is 2.57. The summed E-state index contributed by atoms with van der Waals surface area (Å²) in [5.74, 6) is -7.76. The Bertz CT molecular complexity index is 2540. The van der Waals surface area contributed by atoms with Gasteiger partial charge in [-0.2, -0.15) is 43.2 Å². The lowest BCUT2D eigenvalue weighted by Crippen LogP contribution is -2.55. The van der Waals surface area contributed by atoms with Crippen molar-refractivity contribution in [3.8, 4) is 0 Å². The molecule has 0 radical (unpaired) electrons. The van der Waals surface area contributed by atoms with E-state index in [1.807, 2.05) is 0 Å². The number of imide groups is 2. The molecule has 6 amide bonds. The highest BCUT2D eigenvalue weighted by molar-refractivity contribution is 7.87. The molecule has 2 aliphatic heterocycles. The number of carbonyl (C=O) groups is 6. The van der Waals surface area contributed by atoms with Crippen molar-refractivity contribution in [3.63, 3.8) is 0 Å². The molecule has 0 fully saturated rings. The van der Waals surface area contributed by atoms with Gasteiger partial charge in [-0.15, -0.1) is 18.7 Å². The minimum atomic E-state index is -6.38. The average molecular weight is 869 g/mol. The number of fused-ring (bicyclic) bond motifs is 2. The molecule has 0 saturated heterocycles. The number of halogens is 6. The summed E-state index contributed by atoms with van der Waals surface area (Å²) in [5.41, 5.74) is -12.4. The number of anilines is 2. The van der Waals surface area contributed by atoms with Gasteiger partial charge in [0.05, 0.1) is 32.0 Å². The van der Waals surface area contributed by atoms with E-state index >= 15 is 26.3 Å². The quantitative estimate of drug-likeness (QED) is 0.162. The molecule has 24 heteroatoms. The van der Waals surface area contributed by atoms with E-state index in [2.05, 4.69) is 19.2 Å². The molecule has 2 N–H and O–H groups in total. The first-order valence-corrected chi connectivity index (χ1v) is 19.0. The summed E-state index contributed by atoms with van der Waals surface area (Å²) in [7, 11) is -10.1. The van der Waals surface area contributed by atoms with Crippen LogP contribution in [0.1, 0.15) is 66.4 Å². The molecule has 0 spiro atoms. The smallest absolute Gasteiger partial charge is 0.326 e. The maximum atomic E-state index is 15.2. The van der Waals surface area contributed by atoms with Crippen molar-refractivity contribution in [2.75, 3.05) is 10.6 Å².